The molecule has 2 nitrogen and oxygen atoms in total. The average molecular weight is 240 g/mol. The summed E-state index contributed by atoms with van der Waals surface area (Å²) in [7, 11) is 1.62. The van der Waals surface area contributed by atoms with Gasteiger partial charge in [0.05, 0.1) is 6.61 Å². The van der Waals surface area contributed by atoms with Gasteiger partial charge in [0.15, 0.2) is 0 Å². The Balaban J connectivity index is 3.09. The van der Waals surface area contributed by atoms with Crippen molar-refractivity contribution in [3.63, 3.8) is 0 Å². The third-order valence-corrected chi connectivity index (χ3v) is 2.68. The lowest BCUT2D eigenvalue weighted by atomic mass is 9.85. The van der Waals surface area contributed by atoms with Crippen LogP contribution < -0.4 is 4.74 Å². The van der Waals surface area contributed by atoms with E-state index in [0.29, 0.717) is 24.5 Å². The number of hydrogen-bond acceptors (Lipinski definition) is 2. The molecule has 96 valence electrons. The average Bonchev–Trinajstić information content (AvgIpc) is 2.23. The van der Waals surface area contributed by atoms with E-state index in [-0.39, 0.29) is 11.2 Å². The second kappa shape index (κ2) is 5.50. The zero-order valence-corrected chi connectivity index (χ0v) is 11.3. The van der Waals surface area contributed by atoms with Gasteiger partial charge >= 0.3 is 0 Å². The number of hydrogen-bond donors (Lipinski definition) is 0. The van der Waals surface area contributed by atoms with Gasteiger partial charge in [-0.25, -0.2) is 4.39 Å². The molecule has 0 bridgehead atoms. The molecule has 0 aliphatic carbocycles. The van der Waals surface area contributed by atoms with Gasteiger partial charge in [-0.05, 0) is 24.0 Å². The fourth-order valence-electron chi connectivity index (χ4n) is 1.67. The van der Waals surface area contributed by atoms with Gasteiger partial charge in [-0.1, -0.05) is 26.8 Å². The number of rotatable bonds is 4. The van der Waals surface area contributed by atoms with Crippen LogP contribution in [0.15, 0.2) is 12.1 Å². The van der Waals surface area contributed by atoms with Crippen molar-refractivity contribution >= 4 is 0 Å². The number of methoxy groups -OCH3 is 1. The highest BCUT2D eigenvalue weighted by Crippen LogP contribution is 2.35. The van der Waals surface area contributed by atoms with Gasteiger partial charge in [-0.2, -0.15) is 0 Å². The molecule has 0 aliphatic rings. The van der Waals surface area contributed by atoms with Crippen LogP contribution in [0.4, 0.5) is 4.39 Å². The highest BCUT2D eigenvalue weighted by atomic mass is 19.1. The van der Waals surface area contributed by atoms with Crippen molar-refractivity contribution < 1.29 is 13.9 Å². The minimum atomic E-state index is -0.231. The molecule has 1 rings (SSSR count). The Kier molecular flexibility index (Phi) is 4.52. The van der Waals surface area contributed by atoms with E-state index in [9.17, 15) is 4.39 Å². The van der Waals surface area contributed by atoms with E-state index in [2.05, 4.69) is 20.8 Å². The zero-order valence-electron chi connectivity index (χ0n) is 11.3. The van der Waals surface area contributed by atoms with E-state index < -0.39 is 0 Å². The Bertz CT molecular complexity index is 381. The molecule has 0 unspecified atom stereocenters. The van der Waals surface area contributed by atoms with Crippen LogP contribution in [0, 0.1) is 12.7 Å². The summed E-state index contributed by atoms with van der Waals surface area (Å²) in [5, 5.41) is 0. The normalized spacial score (nSPS) is 11.6. The van der Waals surface area contributed by atoms with Crippen molar-refractivity contribution in [2.75, 3.05) is 20.3 Å². The van der Waals surface area contributed by atoms with Gasteiger partial charge in [0.25, 0.3) is 0 Å². The second-order valence-electron chi connectivity index (χ2n) is 5.14. The lowest BCUT2D eigenvalue weighted by Gasteiger charge is -2.24. The molecule has 0 amide bonds. The molecule has 1 aromatic rings. The predicted molar refractivity (Wildman–Crippen MR) is 67.2 cm³/mol. The molecule has 0 radical (unpaired) electrons. The van der Waals surface area contributed by atoms with Crippen molar-refractivity contribution in [2.24, 2.45) is 0 Å². The Morgan fingerprint density at radius 3 is 2.35 bits per heavy atom. The third-order valence-electron chi connectivity index (χ3n) is 2.68. The lowest BCUT2D eigenvalue weighted by molar-refractivity contribution is 0.144. The van der Waals surface area contributed by atoms with Gasteiger partial charge in [0.1, 0.15) is 18.2 Å². The summed E-state index contributed by atoms with van der Waals surface area (Å²) in [6.07, 6.45) is 0. The summed E-state index contributed by atoms with van der Waals surface area (Å²) >= 11 is 0. The van der Waals surface area contributed by atoms with Crippen LogP contribution in [-0.4, -0.2) is 20.3 Å². The van der Waals surface area contributed by atoms with Crippen LogP contribution in [0.25, 0.3) is 0 Å². The van der Waals surface area contributed by atoms with Crippen molar-refractivity contribution in [3.8, 4) is 5.75 Å². The van der Waals surface area contributed by atoms with Crippen LogP contribution >= 0.6 is 0 Å². The highest BCUT2D eigenvalue weighted by Gasteiger charge is 2.21. The maximum Gasteiger partial charge on any atom is 0.129 e. The summed E-state index contributed by atoms with van der Waals surface area (Å²) in [6.45, 7) is 8.94. The summed E-state index contributed by atoms with van der Waals surface area (Å²) in [5.74, 6) is 0.417. The zero-order chi connectivity index (χ0) is 13.1. The van der Waals surface area contributed by atoms with Crippen LogP contribution in [0.5, 0.6) is 5.75 Å². The van der Waals surface area contributed by atoms with Gasteiger partial charge < -0.3 is 9.47 Å². The fraction of sp³-hybridized carbons (Fsp3) is 0.571. The maximum atomic E-state index is 13.5. The van der Waals surface area contributed by atoms with E-state index >= 15 is 0 Å². The minimum Gasteiger partial charge on any atom is -0.490 e. The first-order valence-electron chi connectivity index (χ1n) is 5.79. The van der Waals surface area contributed by atoms with Crippen molar-refractivity contribution in [3.05, 3.63) is 29.1 Å². The maximum absolute atomic E-state index is 13.5. The van der Waals surface area contributed by atoms with E-state index in [4.69, 9.17) is 9.47 Å². The molecule has 0 fully saturated rings. The number of halogens is 1. The Labute approximate surface area is 103 Å². The Hall–Kier alpha value is -1.09. The standard InChI is InChI=1S/C14H21FO2/c1-10-12(15)7-6-11(14(2,3)4)13(10)17-9-8-16-5/h6-7H,8-9H2,1-5H3. The van der Waals surface area contributed by atoms with Crippen LogP contribution in [0.3, 0.4) is 0 Å². The van der Waals surface area contributed by atoms with Gasteiger partial charge in [-0.3, -0.25) is 0 Å². The molecule has 0 spiro atoms. The second-order valence-corrected chi connectivity index (χ2v) is 5.14. The molecule has 0 saturated carbocycles. The van der Waals surface area contributed by atoms with E-state index in [1.807, 2.05) is 0 Å². The van der Waals surface area contributed by atoms with Gasteiger partial charge in [0.2, 0.25) is 0 Å². The van der Waals surface area contributed by atoms with E-state index in [1.54, 1.807) is 20.1 Å². The quantitative estimate of drug-likeness (QED) is 0.750. The fourth-order valence-corrected chi connectivity index (χ4v) is 1.67. The Morgan fingerprint density at radius 1 is 1.18 bits per heavy atom. The largest absolute Gasteiger partial charge is 0.490 e. The van der Waals surface area contributed by atoms with Crippen LogP contribution in [0.2, 0.25) is 0 Å². The highest BCUT2D eigenvalue weighted by molar-refractivity contribution is 5.45. The first-order chi connectivity index (χ1) is 7.88. The molecule has 0 heterocycles. The minimum absolute atomic E-state index is 0.0686. The van der Waals surface area contributed by atoms with E-state index in [1.165, 1.54) is 6.07 Å². The molecule has 0 saturated heterocycles. The smallest absolute Gasteiger partial charge is 0.129 e. The molecule has 0 atom stereocenters. The first kappa shape index (κ1) is 14.0. The predicted octanol–water partition coefficient (Wildman–Crippen LogP) is 3.46. The summed E-state index contributed by atoms with van der Waals surface area (Å²) < 4.78 is 24.1. The van der Waals surface area contributed by atoms with Crippen molar-refractivity contribution in [1.82, 2.24) is 0 Å². The van der Waals surface area contributed by atoms with Gasteiger partial charge in [0, 0.05) is 12.7 Å². The molecular weight excluding hydrogens is 219 g/mol. The van der Waals surface area contributed by atoms with Crippen LogP contribution in [-0.2, 0) is 10.2 Å². The number of ether oxygens (including phenoxy) is 2. The molecule has 0 N–H and O–H groups in total. The lowest BCUT2D eigenvalue weighted by Crippen LogP contribution is -2.16. The topological polar surface area (TPSA) is 18.5 Å². The molecule has 3 heteroatoms. The summed E-state index contributed by atoms with van der Waals surface area (Å²) in [5.41, 5.74) is 1.52. The molecule has 17 heavy (non-hydrogen) atoms. The first-order valence-corrected chi connectivity index (χ1v) is 5.79. The van der Waals surface area contributed by atoms with Crippen molar-refractivity contribution in [1.29, 1.82) is 0 Å². The van der Waals surface area contributed by atoms with Crippen LogP contribution in [0.1, 0.15) is 31.9 Å². The molecule has 1 aromatic carbocycles. The monoisotopic (exact) mass is 240 g/mol. The SMILES string of the molecule is COCCOc1c(C(C)(C)C)ccc(F)c1C. The third kappa shape index (κ3) is 3.43. The number of benzene rings is 1. The van der Waals surface area contributed by atoms with Crippen molar-refractivity contribution in [2.45, 2.75) is 33.1 Å². The van der Waals surface area contributed by atoms with Gasteiger partial charge in [-0.15, -0.1) is 0 Å². The molecule has 0 aliphatic heterocycles. The van der Waals surface area contributed by atoms with E-state index in [0.717, 1.165) is 5.56 Å². The summed E-state index contributed by atoms with van der Waals surface area (Å²) in [6, 6.07) is 3.30. The molecule has 0 aromatic heterocycles. The Morgan fingerprint density at radius 2 is 1.82 bits per heavy atom. The summed E-state index contributed by atoms with van der Waals surface area (Å²) in [4.78, 5) is 0. The molecular formula is C14H21FO2.